The van der Waals surface area contributed by atoms with E-state index in [0.717, 1.165) is 32.5 Å². The summed E-state index contributed by atoms with van der Waals surface area (Å²) in [7, 11) is 4.39. The second kappa shape index (κ2) is 5.19. The molecule has 3 atom stereocenters. The molecular weight excluding hydrogens is 236 g/mol. The van der Waals surface area contributed by atoms with Crippen LogP contribution >= 0.6 is 0 Å². The highest BCUT2D eigenvalue weighted by molar-refractivity contribution is 5.30. The maximum Gasteiger partial charge on any atom is 0.0482 e. The molecule has 1 saturated heterocycles. The molecule has 2 heterocycles. The van der Waals surface area contributed by atoms with Gasteiger partial charge in [-0.1, -0.05) is 6.07 Å². The Balaban J connectivity index is 1.79. The third-order valence-electron chi connectivity index (χ3n) is 4.81. The number of nitrogens with zero attached hydrogens (tertiary/aromatic N) is 3. The third-order valence-corrected chi connectivity index (χ3v) is 4.81. The van der Waals surface area contributed by atoms with Gasteiger partial charge in [-0.2, -0.15) is 0 Å². The molecule has 3 unspecified atom stereocenters. The van der Waals surface area contributed by atoms with Crippen LogP contribution in [0.2, 0.25) is 0 Å². The van der Waals surface area contributed by atoms with Gasteiger partial charge >= 0.3 is 0 Å². The van der Waals surface area contributed by atoms with Crippen LogP contribution in [-0.4, -0.2) is 60.6 Å². The van der Waals surface area contributed by atoms with E-state index in [1.165, 1.54) is 11.3 Å². The molecule has 0 aromatic carbocycles. The molecule has 19 heavy (non-hydrogen) atoms. The van der Waals surface area contributed by atoms with E-state index in [0.29, 0.717) is 12.0 Å². The normalized spacial score (nSPS) is 30.3. The first-order valence-corrected chi connectivity index (χ1v) is 7.25. The van der Waals surface area contributed by atoms with Crippen molar-refractivity contribution in [3.05, 3.63) is 29.6 Å². The molecule has 2 aliphatic rings. The Morgan fingerprint density at radius 3 is 3.05 bits per heavy atom. The average Bonchev–Trinajstić information content (AvgIpc) is 2.84. The largest absolute Gasteiger partial charge is 0.326 e. The Morgan fingerprint density at radius 1 is 1.37 bits per heavy atom. The molecule has 1 fully saturated rings. The molecule has 104 valence electrons. The van der Waals surface area contributed by atoms with Gasteiger partial charge in [0.2, 0.25) is 0 Å². The number of nitrogens with two attached hydrogens (primary N) is 1. The summed E-state index contributed by atoms with van der Waals surface area (Å²) in [6, 6.07) is 4.86. The molecule has 1 aromatic heterocycles. The summed E-state index contributed by atoms with van der Waals surface area (Å²) in [5.41, 5.74) is 9.26. The second-order valence-corrected chi connectivity index (χ2v) is 6.08. The van der Waals surface area contributed by atoms with Gasteiger partial charge < -0.3 is 10.6 Å². The van der Waals surface area contributed by atoms with Gasteiger partial charge in [0.1, 0.15) is 0 Å². The number of aryl methyl sites for hydroxylation is 1. The highest BCUT2D eigenvalue weighted by Crippen LogP contribution is 2.35. The Hall–Kier alpha value is -0.970. The van der Waals surface area contributed by atoms with Crippen molar-refractivity contribution in [3.8, 4) is 0 Å². The fraction of sp³-hybridized carbons (Fsp3) is 0.667. The topological polar surface area (TPSA) is 45.4 Å². The number of aromatic nitrogens is 1. The van der Waals surface area contributed by atoms with E-state index in [-0.39, 0.29) is 6.04 Å². The van der Waals surface area contributed by atoms with E-state index in [1.54, 1.807) is 0 Å². The monoisotopic (exact) mass is 260 g/mol. The molecule has 0 saturated carbocycles. The summed E-state index contributed by atoms with van der Waals surface area (Å²) in [5.74, 6) is 0.426. The summed E-state index contributed by atoms with van der Waals surface area (Å²) in [5, 5.41) is 0. The minimum atomic E-state index is 0.184. The van der Waals surface area contributed by atoms with Crippen LogP contribution in [-0.2, 0) is 6.42 Å². The van der Waals surface area contributed by atoms with Crippen LogP contribution in [0.15, 0.2) is 18.3 Å². The van der Waals surface area contributed by atoms with Gasteiger partial charge in [-0.15, -0.1) is 0 Å². The van der Waals surface area contributed by atoms with Gasteiger partial charge in [-0.25, -0.2) is 0 Å². The molecule has 1 aromatic rings. The lowest BCUT2D eigenvalue weighted by Gasteiger charge is -2.42. The van der Waals surface area contributed by atoms with Gasteiger partial charge in [-0.3, -0.25) is 9.88 Å². The van der Waals surface area contributed by atoms with Crippen LogP contribution in [0.1, 0.15) is 23.6 Å². The lowest BCUT2D eigenvalue weighted by molar-refractivity contribution is 0.0903. The summed E-state index contributed by atoms with van der Waals surface area (Å²) in [4.78, 5) is 9.40. The minimum absolute atomic E-state index is 0.184. The number of rotatable bonds is 2. The number of fused-ring (bicyclic) bond motifs is 1. The number of hydrogen-bond acceptors (Lipinski definition) is 4. The van der Waals surface area contributed by atoms with Crippen molar-refractivity contribution in [1.82, 2.24) is 14.8 Å². The van der Waals surface area contributed by atoms with Gasteiger partial charge in [0.05, 0.1) is 0 Å². The summed E-state index contributed by atoms with van der Waals surface area (Å²) in [6.07, 6.45) is 4.19. The van der Waals surface area contributed by atoms with Crippen LogP contribution in [0.25, 0.3) is 0 Å². The number of hydrogen-bond donors (Lipinski definition) is 1. The molecule has 1 aliphatic heterocycles. The Labute approximate surface area is 115 Å². The van der Waals surface area contributed by atoms with Crippen LogP contribution in [0.3, 0.4) is 0 Å². The smallest absolute Gasteiger partial charge is 0.0482 e. The molecule has 4 heteroatoms. The molecule has 1 aliphatic carbocycles. The van der Waals surface area contributed by atoms with Crippen molar-refractivity contribution in [2.45, 2.75) is 30.8 Å². The molecule has 0 bridgehead atoms. The van der Waals surface area contributed by atoms with E-state index in [2.05, 4.69) is 34.9 Å². The van der Waals surface area contributed by atoms with Crippen LogP contribution in [0, 0.1) is 0 Å². The number of likely N-dealkylation sites (N-methyl/N-ethyl adjacent to an activating group) is 2. The van der Waals surface area contributed by atoms with E-state index in [4.69, 9.17) is 5.73 Å². The SMILES string of the molecule is CN1CCN(C)C(C(N)C2CCc3cccnc32)C1. The van der Waals surface area contributed by atoms with Gasteiger partial charge in [0.15, 0.2) is 0 Å². The first kappa shape index (κ1) is 13.0. The molecule has 0 spiro atoms. The summed E-state index contributed by atoms with van der Waals surface area (Å²) < 4.78 is 0. The molecule has 4 nitrogen and oxygen atoms in total. The van der Waals surface area contributed by atoms with Crippen LogP contribution < -0.4 is 5.73 Å². The van der Waals surface area contributed by atoms with Crippen molar-refractivity contribution < 1.29 is 0 Å². The predicted molar refractivity (Wildman–Crippen MR) is 77.2 cm³/mol. The number of piperazine rings is 1. The van der Waals surface area contributed by atoms with Crippen molar-refractivity contribution >= 4 is 0 Å². The Kier molecular flexibility index (Phi) is 3.56. The molecule has 3 rings (SSSR count). The molecule has 2 N–H and O–H groups in total. The highest BCUT2D eigenvalue weighted by Gasteiger charge is 2.36. The van der Waals surface area contributed by atoms with Crippen molar-refractivity contribution in [3.63, 3.8) is 0 Å². The lowest BCUT2D eigenvalue weighted by atomic mass is 9.89. The van der Waals surface area contributed by atoms with E-state index >= 15 is 0 Å². The zero-order valence-corrected chi connectivity index (χ0v) is 11.9. The van der Waals surface area contributed by atoms with Crippen molar-refractivity contribution in [1.29, 1.82) is 0 Å². The highest BCUT2D eigenvalue weighted by atomic mass is 15.3. The van der Waals surface area contributed by atoms with Crippen LogP contribution in [0.5, 0.6) is 0 Å². The fourth-order valence-corrected chi connectivity index (χ4v) is 3.55. The Morgan fingerprint density at radius 2 is 2.21 bits per heavy atom. The first-order valence-electron chi connectivity index (χ1n) is 7.25. The van der Waals surface area contributed by atoms with Gasteiger partial charge in [0.25, 0.3) is 0 Å². The van der Waals surface area contributed by atoms with Gasteiger partial charge in [-0.05, 0) is 38.6 Å². The van der Waals surface area contributed by atoms with E-state index < -0.39 is 0 Å². The molecule has 0 radical (unpaired) electrons. The lowest BCUT2D eigenvalue weighted by Crippen LogP contribution is -2.58. The molecular formula is C15H24N4. The summed E-state index contributed by atoms with van der Waals surface area (Å²) in [6.45, 7) is 3.31. The third kappa shape index (κ3) is 2.40. The van der Waals surface area contributed by atoms with E-state index in [1.807, 2.05) is 12.3 Å². The fourth-order valence-electron chi connectivity index (χ4n) is 3.55. The van der Waals surface area contributed by atoms with E-state index in [9.17, 15) is 0 Å². The zero-order chi connectivity index (χ0) is 13.4. The average molecular weight is 260 g/mol. The summed E-state index contributed by atoms with van der Waals surface area (Å²) >= 11 is 0. The first-order chi connectivity index (χ1) is 9.16. The zero-order valence-electron chi connectivity index (χ0n) is 11.9. The van der Waals surface area contributed by atoms with Crippen molar-refractivity contribution in [2.24, 2.45) is 5.73 Å². The second-order valence-electron chi connectivity index (χ2n) is 6.08. The quantitative estimate of drug-likeness (QED) is 0.849. The molecule has 0 amide bonds. The number of pyridine rings is 1. The maximum absolute atomic E-state index is 6.61. The van der Waals surface area contributed by atoms with Crippen LogP contribution in [0.4, 0.5) is 0 Å². The predicted octanol–water partition coefficient (Wildman–Crippen LogP) is 0.685. The standard InChI is InChI=1S/C15H24N4/c1-18-8-9-19(2)13(10-18)14(16)12-6-5-11-4-3-7-17-15(11)12/h3-4,7,12-14H,5-6,8-10,16H2,1-2H3. The van der Waals surface area contributed by atoms with Crippen molar-refractivity contribution in [2.75, 3.05) is 33.7 Å². The van der Waals surface area contributed by atoms with Gasteiger partial charge in [0, 0.05) is 49.5 Å². The minimum Gasteiger partial charge on any atom is -0.326 e. The maximum atomic E-state index is 6.61. The Bertz CT molecular complexity index is 448.